The highest BCUT2D eigenvalue weighted by atomic mass is 79.9. The number of carbonyl (C=O) groups is 1. The van der Waals surface area contributed by atoms with Gasteiger partial charge < -0.3 is 9.15 Å². The third-order valence-electron chi connectivity index (χ3n) is 3.45. The topological polar surface area (TPSA) is 63.8 Å². The maximum atomic E-state index is 12.3. The first-order chi connectivity index (χ1) is 12.9. The molecule has 0 radical (unpaired) electrons. The van der Waals surface area contributed by atoms with Gasteiger partial charge in [-0.25, -0.2) is 5.43 Å². The van der Waals surface area contributed by atoms with Crippen molar-refractivity contribution in [1.29, 1.82) is 0 Å². The van der Waals surface area contributed by atoms with Crippen LogP contribution in [0.2, 0.25) is 0 Å². The SMILES string of the molecule is CCOc1c(Br)cc(/C=N\NC(=O)c2cc3cc(Br)cc(Br)c3o2)cc1Br. The number of hydrogen-bond acceptors (Lipinski definition) is 4. The number of carbonyl (C=O) groups excluding carboxylic acids is 1. The summed E-state index contributed by atoms with van der Waals surface area (Å²) in [5.74, 6) is 0.460. The van der Waals surface area contributed by atoms with E-state index in [-0.39, 0.29) is 5.76 Å². The summed E-state index contributed by atoms with van der Waals surface area (Å²) in [6, 6.07) is 9.09. The average molecular weight is 624 g/mol. The van der Waals surface area contributed by atoms with Crippen LogP contribution >= 0.6 is 63.7 Å². The van der Waals surface area contributed by atoms with E-state index in [1.165, 1.54) is 6.21 Å². The molecule has 5 nitrogen and oxygen atoms in total. The molecule has 1 N–H and O–H groups in total. The quantitative estimate of drug-likeness (QED) is 0.256. The smallest absolute Gasteiger partial charge is 0.307 e. The molecular weight excluding hydrogens is 612 g/mol. The lowest BCUT2D eigenvalue weighted by Gasteiger charge is -2.09. The number of hydrogen-bond donors (Lipinski definition) is 1. The summed E-state index contributed by atoms with van der Waals surface area (Å²) in [6.07, 6.45) is 1.54. The van der Waals surface area contributed by atoms with E-state index in [0.29, 0.717) is 12.2 Å². The molecule has 0 saturated carbocycles. The molecule has 1 aromatic heterocycles. The Morgan fingerprint density at radius 1 is 1.11 bits per heavy atom. The van der Waals surface area contributed by atoms with E-state index < -0.39 is 5.91 Å². The monoisotopic (exact) mass is 620 g/mol. The van der Waals surface area contributed by atoms with Crippen LogP contribution in [0.25, 0.3) is 11.0 Å². The van der Waals surface area contributed by atoms with Gasteiger partial charge in [0.05, 0.1) is 26.2 Å². The highest BCUT2D eigenvalue weighted by Crippen LogP contribution is 2.34. The van der Waals surface area contributed by atoms with E-state index in [1.54, 1.807) is 6.07 Å². The Morgan fingerprint density at radius 3 is 2.48 bits per heavy atom. The molecule has 1 heterocycles. The Balaban J connectivity index is 1.75. The Morgan fingerprint density at radius 2 is 1.81 bits per heavy atom. The number of ether oxygens (including phenoxy) is 1. The third-order valence-corrected chi connectivity index (χ3v) is 5.67. The Labute approximate surface area is 189 Å². The first kappa shape index (κ1) is 20.6. The highest BCUT2D eigenvalue weighted by Gasteiger charge is 2.14. The molecule has 0 aliphatic heterocycles. The van der Waals surface area contributed by atoms with E-state index in [0.717, 1.165) is 34.6 Å². The summed E-state index contributed by atoms with van der Waals surface area (Å²) in [7, 11) is 0. The molecule has 0 spiro atoms. The van der Waals surface area contributed by atoms with E-state index in [9.17, 15) is 4.79 Å². The molecule has 0 aliphatic carbocycles. The van der Waals surface area contributed by atoms with Crippen molar-refractivity contribution in [2.75, 3.05) is 6.61 Å². The van der Waals surface area contributed by atoms with Crippen molar-refractivity contribution in [2.45, 2.75) is 6.92 Å². The average Bonchev–Trinajstić information content (AvgIpc) is 3.02. The minimum Gasteiger partial charge on any atom is -0.492 e. The van der Waals surface area contributed by atoms with Crippen LogP contribution < -0.4 is 10.2 Å². The van der Waals surface area contributed by atoms with Gasteiger partial charge in [-0.05, 0) is 90.6 Å². The molecule has 0 saturated heterocycles. The van der Waals surface area contributed by atoms with Crippen LogP contribution in [0, 0.1) is 0 Å². The van der Waals surface area contributed by atoms with Gasteiger partial charge >= 0.3 is 5.91 Å². The molecule has 1 amide bonds. The zero-order valence-electron chi connectivity index (χ0n) is 13.9. The zero-order valence-corrected chi connectivity index (χ0v) is 20.2. The second-order valence-corrected chi connectivity index (χ2v) is 8.84. The summed E-state index contributed by atoms with van der Waals surface area (Å²) in [4.78, 5) is 12.3. The van der Waals surface area contributed by atoms with Crippen LogP contribution in [0.15, 0.2) is 57.7 Å². The number of amides is 1. The number of hydrazone groups is 1. The largest absolute Gasteiger partial charge is 0.492 e. The van der Waals surface area contributed by atoms with Gasteiger partial charge in [-0.15, -0.1) is 0 Å². The predicted octanol–water partition coefficient (Wildman–Crippen LogP) is 6.65. The van der Waals surface area contributed by atoms with Gasteiger partial charge in [0.1, 0.15) is 11.3 Å². The Hall–Kier alpha value is -1.16. The maximum absolute atomic E-state index is 12.3. The van der Waals surface area contributed by atoms with Crippen LogP contribution in [-0.4, -0.2) is 18.7 Å². The zero-order chi connectivity index (χ0) is 19.6. The van der Waals surface area contributed by atoms with E-state index in [2.05, 4.69) is 74.2 Å². The van der Waals surface area contributed by atoms with Gasteiger partial charge in [0, 0.05) is 9.86 Å². The van der Waals surface area contributed by atoms with Gasteiger partial charge in [0.25, 0.3) is 0 Å². The molecule has 27 heavy (non-hydrogen) atoms. The molecule has 3 aromatic rings. The lowest BCUT2D eigenvalue weighted by Crippen LogP contribution is -2.16. The highest BCUT2D eigenvalue weighted by molar-refractivity contribution is 9.11. The molecule has 0 unspecified atom stereocenters. The number of furan rings is 1. The third kappa shape index (κ3) is 4.82. The number of nitrogens with zero attached hydrogens (tertiary/aromatic N) is 1. The van der Waals surface area contributed by atoms with Crippen LogP contribution in [0.1, 0.15) is 23.0 Å². The van der Waals surface area contributed by atoms with Gasteiger partial charge in [-0.3, -0.25) is 4.79 Å². The number of fused-ring (bicyclic) bond motifs is 1. The predicted molar refractivity (Wildman–Crippen MR) is 120 cm³/mol. The first-order valence-electron chi connectivity index (χ1n) is 7.73. The molecule has 0 bridgehead atoms. The molecule has 0 aliphatic rings. The second-order valence-electron chi connectivity index (χ2n) is 5.36. The van der Waals surface area contributed by atoms with E-state index >= 15 is 0 Å². The van der Waals surface area contributed by atoms with Gasteiger partial charge in [-0.1, -0.05) is 15.9 Å². The fourth-order valence-electron chi connectivity index (χ4n) is 2.34. The fourth-order valence-corrected chi connectivity index (χ4v) is 5.13. The maximum Gasteiger partial charge on any atom is 0.307 e. The number of halogens is 4. The van der Waals surface area contributed by atoms with Gasteiger partial charge in [0.2, 0.25) is 0 Å². The minimum atomic E-state index is -0.436. The Bertz CT molecular complexity index is 1020. The van der Waals surface area contributed by atoms with Crippen molar-refractivity contribution >= 4 is 86.8 Å². The summed E-state index contributed by atoms with van der Waals surface area (Å²) in [6.45, 7) is 2.48. The molecule has 0 atom stereocenters. The first-order valence-corrected chi connectivity index (χ1v) is 10.9. The summed E-state index contributed by atoms with van der Waals surface area (Å²) in [5.41, 5.74) is 3.86. The van der Waals surface area contributed by atoms with Crippen molar-refractivity contribution in [1.82, 2.24) is 5.43 Å². The number of nitrogens with one attached hydrogen (secondary N) is 1. The van der Waals surface area contributed by atoms with Gasteiger partial charge in [0.15, 0.2) is 5.76 Å². The molecule has 3 rings (SSSR count). The number of benzene rings is 2. The van der Waals surface area contributed by atoms with Crippen molar-refractivity contribution in [3.63, 3.8) is 0 Å². The van der Waals surface area contributed by atoms with Crippen LogP contribution in [-0.2, 0) is 0 Å². The van der Waals surface area contributed by atoms with E-state index in [4.69, 9.17) is 9.15 Å². The van der Waals surface area contributed by atoms with E-state index in [1.807, 2.05) is 31.2 Å². The second kappa shape index (κ2) is 8.89. The summed E-state index contributed by atoms with van der Waals surface area (Å²) >= 11 is 13.8. The lowest BCUT2D eigenvalue weighted by atomic mass is 10.2. The normalized spacial score (nSPS) is 11.3. The lowest BCUT2D eigenvalue weighted by molar-refractivity contribution is 0.0929. The standard InChI is InChI=1S/C18H12Br4N2O3/c1-2-26-17-12(20)3-9(4-13(17)21)8-23-24-18(25)15-6-10-5-11(19)7-14(22)16(10)27-15/h3-8H,2H2,1H3,(H,24,25)/b23-8-. The molecular formula is C18H12Br4N2O3. The molecule has 0 fully saturated rings. The fraction of sp³-hybridized carbons (Fsp3) is 0.111. The summed E-state index contributed by atoms with van der Waals surface area (Å²) < 4.78 is 14.4. The molecule has 9 heteroatoms. The van der Waals surface area contributed by atoms with Crippen molar-refractivity contribution in [2.24, 2.45) is 5.10 Å². The van der Waals surface area contributed by atoms with Crippen molar-refractivity contribution < 1.29 is 13.9 Å². The minimum absolute atomic E-state index is 0.176. The van der Waals surface area contributed by atoms with Gasteiger partial charge in [-0.2, -0.15) is 5.10 Å². The summed E-state index contributed by atoms with van der Waals surface area (Å²) in [5, 5.41) is 4.81. The van der Waals surface area contributed by atoms with Crippen molar-refractivity contribution in [3.8, 4) is 5.75 Å². The van der Waals surface area contributed by atoms with Crippen LogP contribution in [0.3, 0.4) is 0 Å². The Kier molecular flexibility index (Phi) is 6.78. The van der Waals surface area contributed by atoms with Crippen LogP contribution in [0.4, 0.5) is 0 Å². The molecule has 2 aromatic carbocycles. The molecule has 140 valence electrons. The number of rotatable bonds is 5. The van der Waals surface area contributed by atoms with Crippen molar-refractivity contribution in [3.05, 3.63) is 59.5 Å². The van der Waals surface area contributed by atoms with Crippen LogP contribution in [0.5, 0.6) is 5.75 Å².